The number of para-hydroxylation sites is 1. The van der Waals surface area contributed by atoms with Crippen molar-refractivity contribution in [3.8, 4) is 17.2 Å². The number of aromatic hydroxyl groups is 1. The monoisotopic (exact) mass is 619 g/mol. The average molecular weight is 621 g/mol. The van der Waals surface area contributed by atoms with Crippen LogP contribution in [0.25, 0.3) is 6.08 Å². The third kappa shape index (κ3) is 5.32. The van der Waals surface area contributed by atoms with E-state index in [0.29, 0.717) is 48.7 Å². The summed E-state index contributed by atoms with van der Waals surface area (Å²) in [5.74, 6) is 0.604. The fourth-order valence-corrected chi connectivity index (χ4v) is 6.05. The molecule has 0 fully saturated rings. The lowest BCUT2D eigenvalue weighted by molar-refractivity contribution is -0.113. The highest BCUT2D eigenvalue weighted by atomic mass is 79.9. The van der Waals surface area contributed by atoms with E-state index in [1.807, 2.05) is 49.4 Å². The number of anilines is 1. The zero-order chi connectivity index (χ0) is 28.4. The lowest BCUT2D eigenvalue weighted by Crippen LogP contribution is -2.40. The van der Waals surface area contributed by atoms with Gasteiger partial charge in [0, 0.05) is 5.69 Å². The van der Waals surface area contributed by atoms with Crippen LogP contribution in [0.15, 0.2) is 92.3 Å². The van der Waals surface area contributed by atoms with Crippen LogP contribution in [0.3, 0.4) is 0 Å². The summed E-state index contributed by atoms with van der Waals surface area (Å²) >= 11 is 4.56. The number of aromatic nitrogens is 1. The minimum absolute atomic E-state index is 0.0266. The van der Waals surface area contributed by atoms with Gasteiger partial charge in [-0.3, -0.25) is 14.2 Å². The number of thiazole rings is 1. The van der Waals surface area contributed by atoms with Gasteiger partial charge in [0.15, 0.2) is 16.3 Å². The van der Waals surface area contributed by atoms with Gasteiger partial charge in [0.1, 0.15) is 5.75 Å². The minimum Gasteiger partial charge on any atom is -0.503 e. The molecule has 2 heterocycles. The number of carbonyl (C=O) groups excluding carboxylic acids is 1. The smallest absolute Gasteiger partial charge is 0.271 e. The first kappa shape index (κ1) is 27.4. The predicted molar refractivity (Wildman–Crippen MR) is 159 cm³/mol. The van der Waals surface area contributed by atoms with Crippen LogP contribution in [0, 0.1) is 0 Å². The average Bonchev–Trinajstić information content (AvgIpc) is 3.24. The normalized spacial score (nSPS) is 14.9. The number of phenolic OH excluding ortho intramolecular Hbond substituents is 1. The Hall–Kier alpha value is -4.15. The molecule has 3 aromatic carbocycles. The van der Waals surface area contributed by atoms with Crippen LogP contribution >= 0.6 is 27.3 Å². The molecular weight excluding hydrogens is 594 g/mol. The van der Waals surface area contributed by atoms with Gasteiger partial charge in [-0.05, 0) is 83.4 Å². The van der Waals surface area contributed by atoms with Crippen molar-refractivity contribution in [2.45, 2.75) is 19.9 Å². The molecule has 0 saturated carbocycles. The van der Waals surface area contributed by atoms with Crippen molar-refractivity contribution >= 4 is 44.9 Å². The van der Waals surface area contributed by atoms with Crippen molar-refractivity contribution in [3.63, 3.8) is 0 Å². The van der Waals surface area contributed by atoms with Crippen LogP contribution in [0.1, 0.15) is 31.0 Å². The summed E-state index contributed by atoms with van der Waals surface area (Å²) in [5, 5.41) is 13.1. The number of methoxy groups -OCH3 is 1. The summed E-state index contributed by atoms with van der Waals surface area (Å²) in [6.07, 6.45) is 1.72. The number of nitrogens with zero attached hydrogens (tertiary/aromatic N) is 2. The van der Waals surface area contributed by atoms with Gasteiger partial charge >= 0.3 is 0 Å². The van der Waals surface area contributed by atoms with Crippen molar-refractivity contribution < 1.29 is 19.4 Å². The van der Waals surface area contributed by atoms with E-state index in [4.69, 9.17) is 9.47 Å². The zero-order valence-corrected chi connectivity index (χ0v) is 24.4. The molecule has 0 radical (unpaired) electrons. The molecule has 1 amide bonds. The second-order valence-corrected chi connectivity index (χ2v) is 10.8. The fourth-order valence-electron chi connectivity index (χ4n) is 4.54. The third-order valence-electron chi connectivity index (χ3n) is 6.37. The number of allylic oxidation sites excluding steroid dienone is 1. The summed E-state index contributed by atoms with van der Waals surface area (Å²) in [4.78, 5) is 32.8. The Bertz CT molecular complexity index is 1790. The molecule has 204 valence electrons. The Morgan fingerprint density at radius 3 is 2.58 bits per heavy atom. The number of hydrogen-bond acceptors (Lipinski definition) is 7. The Labute approximate surface area is 242 Å². The SMILES string of the molecule is CCOc1ccc([C@@H]2C(C(=O)Nc3ccccc3)=C(C)N=c3s/c(=C\c4cc(Br)c(O)c(OC)c4)c(=O)n32)cc1. The van der Waals surface area contributed by atoms with Gasteiger partial charge in [-0.15, -0.1) is 0 Å². The first-order chi connectivity index (χ1) is 19.3. The number of amides is 1. The Morgan fingerprint density at radius 1 is 1.18 bits per heavy atom. The summed E-state index contributed by atoms with van der Waals surface area (Å²) in [6, 6.07) is 19.2. The molecule has 0 aliphatic carbocycles. The highest BCUT2D eigenvalue weighted by molar-refractivity contribution is 9.10. The Balaban J connectivity index is 1.67. The molecule has 40 heavy (non-hydrogen) atoms. The van der Waals surface area contributed by atoms with Crippen LogP contribution in [0.5, 0.6) is 17.2 Å². The molecule has 0 unspecified atom stereocenters. The number of carbonyl (C=O) groups is 1. The standard InChI is InChI=1S/C30H26BrN3O5S/c1-4-39-21-12-10-19(11-13-21)26-25(28(36)33-20-8-6-5-7-9-20)17(2)32-30-34(26)29(37)24(40-30)16-18-14-22(31)27(35)23(15-18)38-3/h5-16,26,35H,4H2,1-3H3,(H,33,36)/b24-16-/t26-/m1/s1. The van der Waals surface area contributed by atoms with E-state index in [-0.39, 0.29) is 23.0 Å². The number of nitrogens with one attached hydrogen (secondary N) is 1. The molecule has 8 nitrogen and oxygen atoms in total. The largest absolute Gasteiger partial charge is 0.503 e. The molecule has 1 aromatic heterocycles. The van der Waals surface area contributed by atoms with E-state index in [2.05, 4.69) is 26.2 Å². The summed E-state index contributed by atoms with van der Waals surface area (Å²) in [7, 11) is 1.46. The first-order valence-electron chi connectivity index (χ1n) is 12.5. The number of rotatable bonds is 7. The lowest BCUT2D eigenvalue weighted by atomic mass is 9.95. The van der Waals surface area contributed by atoms with Crippen LogP contribution in [0.2, 0.25) is 0 Å². The second-order valence-electron chi connectivity index (χ2n) is 8.96. The van der Waals surface area contributed by atoms with E-state index in [0.717, 1.165) is 5.56 Å². The van der Waals surface area contributed by atoms with E-state index < -0.39 is 6.04 Å². The molecular formula is C30H26BrN3O5S. The van der Waals surface area contributed by atoms with E-state index in [1.165, 1.54) is 18.4 Å². The van der Waals surface area contributed by atoms with Gasteiger partial charge in [0.05, 0.1) is 40.0 Å². The van der Waals surface area contributed by atoms with Crippen LogP contribution < -0.4 is 29.7 Å². The number of ether oxygens (including phenoxy) is 2. The van der Waals surface area contributed by atoms with Gasteiger partial charge in [-0.25, -0.2) is 4.99 Å². The molecule has 1 aliphatic heterocycles. The van der Waals surface area contributed by atoms with E-state index in [1.54, 1.807) is 41.8 Å². The number of phenols is 1. The predicted octanol–water partition coefficient (Wildman–Crippen LogP) is 4.75. The highest BCUT2D eigenvalue weighted by Crippen LogP contribution is 2.35. The molecule has 0 spiro atoms. The van der Waals surface area contributed by atoms with E-state index in [9.17, 15) is 14.7 Å². The molecule has 1 atom stereocenters. The van der Waals surface area contributed by atoms with Gasteiger partial charge in [0.2, 0.25) is 0 Å². The fraction of sp³-hybridized carbons (Fsp3) is 0.167. The second kappa shape index (κ2) is 11.5. The van der Waals surface area contributed by atoms with Gasteiger partial charge in [-0.1, -0.05) is 41.7 Å². The van der Waals surface area contributed by atoms with Gasteiger partial charge in [-0.2, -0.15) is 0 Å². The minimum atomic E-state index is -0.709. The van der Waals surface area contributed by atoms with Crippen molar-refractivity contribution in [1.29, 1.82) is 0 Å². The molecule has 0 saturated heterocycles. The van der Waals surface area contributed by atoms with Crippen LogP contribution in [-0.2, 0) is 4.79 Å². The maximum absolute atomic E-state index is 13.9. The maximum Gasteiger partial charge on any atom is 0.271 e. The topological polar surface area (TPSA) is 102 Å². The van der Waals surface area contributed by atoms with Crippen LogP contribution in [0.4, 0.5) is 5.69 Å². The van der Waals surface area contributed by atoms with Gasteiger partial charge in [0.25, 0.3) is 11.5 Å². The van der Waals surface area contributed by atoms with Crippen molar-refractivity contribution in [1.82, 2.24) is 4.57 Å². The van der Waals surface area contributed by atoms with Crippen molar-refractivity contribution in [2.75, 3.05) is 19.0 Å². The zero-order valence-electron chi connectivity index (χ0n) is 22.0. The van der Waals surface area contributed by atoms with Gasteiger partial charge < -0.3 is 19.9 Å². The molecule has 10 heteroatoms. The lowest BCUT2D eigenvalue weighted by Gasteiger charge is -2.25. The Kier molecular flexibility index (Phi) is 7.90. The van der Waals surface area contributed by atoms with Crippen molar-refractivity contribution in [3.05, 3.63) is 113 Å². The van der Waals surface area contributed by atoms with Crippen LogP contribution in [-0.4, -0.2) is 29.3 Å². The third-order valence-corrected chi connectivity index (χ3v) is 7.96. The first-order valence-corrected chi connectivity index (χ1v) is 14.1. The summed E-state index contributed by atoms with van der Waals surface area (Å²) in [5.41, 5.74) is 2.65. The summed E-state index contributed by atoms with van der Waals surface area (Å²) in [6.45, 7) is 4.21. The molecule has 0 bridgehead atoms. The molecule has 5 rings (SSSR count). The van der Waals surface area contributed by atoms with Crippen molar-refractivity contribution in [2.24, 2.45) is 4.99 Å². The van der Waals surface area contributed by atoms with E-state index >= 15 is 0 Å². The molecule has 4 aromatic rings. The number of hydrogen-bond donors (Lipinski definition) is 2. The Morgan fingerprint density at radius 2 is 1.90 bits per heavy atom. The maximum atomic E-state index is 13.9. The highest BCUT2D eigenvalue weighted by Gasteiger charge is 2.32. The molecule has 2 N–H and O–H groups in total. The number of fused-ring (bicyclic) bond motifs is 1. The molecule has 1 aliphatic rings. The quantitative estimate of drug-likeness (QED) is 0.311. The summed E-state index contributed by atoms with van der Waals surface area (Å²) < 4.78 is 13.3. The number of halogens is 1. The number of benzene rings is 3.